The number of hydrogen-bond acceptors (Lipinski definition) is 4. The van der Waals surface area contributed by atoms with Crippen molar-refractivity contribution in [2.24, 2.45) is 0 Å². The van der Waals surface area contributed by atoms with Crippen LogP contribution in [0.4, 0.5) is 0 Å². The Kier molecular flexibility index (Phi) is 5.70. The fraction of sp³-hybridized carbons (Fsp3) is 0.625. The van der Waals surface area contributed by atoms with Crippen LogP contribution < -0.4 is 0 Å². The second kappa shape index (κ2) is 7.52. The molecule has 2 rings (SSSR count). The van der Waals surface area contributed by atoms with Crippen molar-refractivity contribution in [3.8, 4) is 0 Å². The Morgan fingerprint density at radius 3 is 2.86 bits per heavy atom. The summed E-state index contributed by atoms with van der Waals surface area (Å²) in [5.41, 5.74) is 0.767. The number of hydrogen-bond donors (Lipinski definition) is 1. The van der Waals surface area contributed by atoms with Gasteiger partial charge in [-0.1, -0.05) is 19.9 Å². The highest BCUT2D eigenvalue weighted by Gasteiger charge is 2.33. The molecule has 1 aromatic heterocycles. The van der Waals surface area contributed by atoms with Gasteiger partial charge >= 0.3 is 5.97 Å². The molecular formula is C16H25N3O2. The fourth-order valence-electron chi connectivity index (χ4n) is 3.17. The van der Waals surface area contributed by atoms with Gasteiger partial charge in [0.25, 0.3) is 0 Å². The summed E-state index contributed by atoms with van der Waals surface area (Å²) in [6, 6.07) is 3.51. The van der Waals surface area contributed by atoms with E-state index >= 15 is 0 Å². The predicted molar refractivity (Wildman–Crippen MR) is 82.1 cm³/mol. The molecule has 0 radical (unpaired) electrons. The molecule has 116 valence electrons. The molecule has 5 heteroatoms. The molecular weight excluding hydrogens is 266 g/mol. The number of carbonyl (C=O) groups is 1. The van der Waals surface area contributed by atoms with Gasteiger partial charge in [-0.3, -0.25) is 19.6 Å². The van der Waals surface area contributed by atoms with E-state index in [1.807, 2.05) is 6.07 Å². The first-order chi connectivity index (χ1) is 10.2. The Balaban J connectivity index is 2.14. The van der Waals surface area contributed by atoms with E-state index in [-0.39, 0.29) is 0 Å². The van der Waals surface area contributed by atoms with Crippen LogP contribution in [0.2, 0.25) is 0 Å². The largest absolute Gasteiger partial charge is 0.480 e. The lowest BCUT2D eigenvalue weighted by molar-refractivity contribution is -0.145. The molecule has 1 saturated heterocycles. The van der Waals surface area contributed by atoms with E-state index in [2.05, 4.69) is 28.6 Å². The van der Waals surface area contributed by atoms with Gasteiger partial charge in [0.1, 0.15) is 6.04 Å². The standard InChI is InChI=1S/C16H25N3O2/c1-3-8-18-9-10-19(12-14(18)4-2)15(16(20)21)13-6-5-7-17-11-13/h5-7,11,14-15H,3-4,8-10,12H2,1-2H3,(H,20,21). The van der Waals surface area contributed by atoms with Gasteiger partial charge in [-0.2, -0.15) is 0 Å². The molecule has 0 spiro atoms. The second-order valence-electron chi connectivity index (χ2n) is 5.62. The summed E-state index contributed by atoms with van der Waals surface area (Å²) in [5, 5.41) is 9.62. The lowest BCUT2D eigenvalue weighted by Gasteiger charge is -2.43. The van der Waals surface area contributed by atoms with Crippen LogP contribution in [0.15, 0.2) is 24.5 Å². The van der Waals surface area contributed by atoms with Crippen molar-refractivity contribution in [2.45, 2.75) is 38.8 Å². The van der Waals surface area contributed by atoms with Crippen LogP contribution in [-0.4, -0.2) is 58.1 Å². The molecule has 1 aliphatic rings. The first-order valence-electron chi connectivity index (χ1n) is 7.78. The molecule has 1 fully saturated rings. The fourth-order valence-corrected chi connectivity index (χ4v) is 3.17. The summed E-state index contributed by atoms with van der Waals surface area (Å²) < 4.78 is 0. The zero-order valence-electron chi connectivity index (χ0n) is 12.9. The Hall–Kier alpha value is -1.46. The molecule has 0 amide bonds. The summed E-state index contributed by atoms with van der Waals surface area (Å²) in [5.74, 6) is -0.790. The highest BCUT2D eigenvalue weighted by Crippen LogP contribution is 2.25. The molecule has 0 saturated carbocycles. The van der Waals surface area contributed by atoms with Crippen molar-refractivity contribution in [3.05, 3.63) is 30.1 Å². The summed E-state index contributed by atoms with van der Waals surface area (Å²) >= 11 is 0. The molecule has 0 bridgehead atoms. The van der Waals surface area contributed by atoms with Gasteiger partial charge < -0.3 is 5.11 Å². The predicted octanol–water partition coefficient (Wildman–Crippen LogP) is 2.01. The molecule has 0 aliphatic carbocycles. The molecule has 1 N–H and O–H groups in total. The smallest absolute Gasteiger partial charge is 0.325 e. The zero-order valence-corrected chi connectivity index (χ0v) is 12.9. The third-order valence-electron chi connectivity index (χ3n) is 4.22. The van der Waals surface area contributed by atoms with Crippen LogP contribution in [0, 0.1) is 0 Å². The second-order valence-corrected chi connectivity index (χ2v) is 5.62. The minimum atomic E-state index is -0.790. The average Bonchev–Trinajstić information content (AvgIpc) is 2.50. The Morgan fingerprint density at radius 2 is 2.29 bits per heavy atom. The summed E-state index contributed by atoms with van der Waals surface area (Å²) in [7, 11) is 0. The van der Waals surface area contributed by atoms with Crippen LogP contribution >= 0.6 is 0 Å². The number of pyridine rings is 1. The van der Waals surface area contributed by atoms with Crippen LogP contribution in [0.1, 0.15) is 38.3 Å². The van der Waals surface area contributed by atoms with E-state index in [9.17, 15) is 9.90 Å². The maximum atomic E-state index is 11.7. The topological polar surface area (TPSA) is 56.7 Å². The van der Waals surface area contributed by atoms with E-state index < -0.39 is 12.0 Å². The molecule has 2 unspecified atom stereocenters. The summed E-state index contributed by atoms with van der Waals surface area (Å²) in [6.45, 7) is 8.00. The number of piperazine rings is 1. The number of aromatic nitrogens is 1. The van der Waals surface area contributed by atoms with Gasteiger partial charge in [-0.15, -0.1) is 0 Å². The van der Waals surface area contributed by atoms with Crippen molar-refractivity contribution in [2.75, 3.05) is 26.2 Å². The molecule has 2 heterocycles. The molecule has 0 aromatic carbocycles. The first-order valence-corrected chi connectivity index (χ1v) is 7.78. The minimum Gasteiger partial charge on any atom is -0.480 e. The monoisotopic (exact) mass is 291 g/mol. The van der Waals surface area contributed by atoms with Crippen LogP contribution in [0.5, 0.6) is 0 Å². The van der Waals surface area contributed by atoms with Crippen molar-refractivity contribution < 1.29 is 9.90 Å². The van der Waals surface area contributed by atoms with Gasteiger partial charge in [0.2, 0.25) is 0 Å². The Labute approximate surface area is 126 Å². The normalized spacial score (nSPS) is 22.1. The molecule has 21 heavy (non-hydrogen) atoms. The molecule has 5 nitrogen and oxygen atoms in total. The van der Waals surface area contributed by atoms with Crippen molar-refractivity contribution >= 4 is 5.97 Å². The van der Waals surface area contributed by atoms with Crippen LogP contribution in [0.3, 0.4) is 0 Å². The van der Waals surface area contributed by atoms with Gasteiger partial charge in [-0.25, -0.2) is 0 Å². The highest BCUT2D eigenvalue weighted by molar-refractivity contribution is 5.75. The minimum absolute atomic E-state index is 0.442. The molecule has 2 atom stereocenters. The number of carboxylic acids is 1. The number of aliphatic carboxylic acids is 1. The van der Waals surface area contributed by atoms with Gasteiger partial charge in [0.15, 0.2) is 0 Å². The molecule has 1 aliphatic heterocycles. The highest BCUT2D eigenvalue weighted by atomic mass is 16.4. The van der Waals surface area contributed by atoms with Crippen LogP contribution in [0.25, 0.3) is 0 Å². The number of rotatable bonds is 6. The first kappa shape index (κ1) is 15.9. The van der Waals surface area contributed by atoms with E-state index in [1.165, 1.54) is 0 Å². The lowest BCUT2D eigenvalue weighted by atomic mass is 10.0. The maximum absolute atomic E-state index is 11.7. The van der Waals surface area contributed by atoms with Crippen molar-refractivity contribution in [1.82, 2.24) is 14.8 Å². The third-order valence-corrected chi connectivity index (χ3v) is 4.22. The average molecular weight is 291 g/mol. The Bertz CT molecular complexity index is 452. The van der Waals surface area contributed by atoms with Gasteiger partial charge in [0, 0.05) is 38.1 Å². The van der Waals surface area contributed by atoms with Gasteiger partial charge in [0.05, 0.1) is 0 Å². The van der Waals surface area contributed by atoms with Crippen molar-refractivity contribution in [3.63, 3.8) is 0 Å². The van der Waals surface area contributed by atoms with E-state index in [0.717, 1.165) is 44.6 Å². The quantitative estimate of drug-likeness (QED) is 0.869. The lowest BCUT2D eigenvalue weighted by Crippen LogP contribution is -2.54. The van der Waals surface area contributed by atoms with Crippen LogP contribution in [-0.2, 0) is 4.79 Å². The summed E-state index contributed by atoms with van der Waals surface area (Å²) in [6.07, 6.45) is 5.53. The summed E-state index contributed by atoms with van der Waals surface area (Å²) in [4.78, 5) is 20.4. The van der Waals surface area contributed by atoms with Crippen molar-refractivity contribution in [1.29, 1.82) is 0 Å². The molecule has 1 aromatic rings. The SMILES string of the molecule is CCCN1CCN(C(C(=O)O)c2cccnc2)CC1CC. The zero-order chi connectivity index (χ0) is 15.2. The number of nitrogens with zero attached hydrogens (tertiary/aromatic N) is 3. The maximum Gasteiger partial charge on any atom is 0.325 e. The van der Waals surface area contributed by atoms with E-state index in [1.54, 1.807) is 18.5 Å². The van der Waals surface area contributed by atoms with Gasteiger partial charge in [-0.05, 0) is 31.0 Å². The van der Waals surface area contributed by atoms with E-state index in [4.69, 9.17) is 0 Å². The Morgan fingerprint density at radius 1 is 1.48 bits per heavy atom. The number of carboxylic acid groups (broad SMARTS) is 1. The van der Waals surface area contributed by atoms with E-state index in [0.29, 0.717) is 6.04 Å². The third kappa shape index (κ3) is 3.80.